The average molecular weight is 274 g/mol. The number of hydrogen-bond donors (Lipinski definition) is 1. The summed E-state index contributed by atoms with van der Waals surface area (Å²) in [5.74, 6) is 0.529. The van der Waals surface area contributed by atoms with Gasteiger partial charge in [-0.3, -0.25) is 0 Å². The van der Waals surface area contributed by atoms with Crippen molar-refractivity contribution in [1.82, 2.24) is 4.31 Å². The Balaban J connectivity index is 4.08. The first kappa shape index (κ1) is 16.1. The van der Waals surface area contributed by atoms with Gasteiger partial charge in [-0.1, -0.05) is 0 Å². The zero-order valence-corrected chi connectivity index (χ0v) is 11.3. The van der Waals surface area contributed by atoms with Gasteiger partial charge in [0.15, 0.2) is 0 Å². The molecule has 7 heteroatoms. The first-order chi connectivity index (χ1) is 7.44. The van der Waals surface area contributed by atoms with E-state index >= 15 is 0 Å². The number of hydrogen-bond acceptors (Lipinski definition) is 4. The molecule has 0 fully saturated rings. The summed E-state index contributed by atoms with van der Waals surface area (Å²) in [4.78, 5) is 0. The molecule has 0 saturated carbocycles. The van der Waals surface area contributed by atoms with Gasteiger partial charge in [0.2, 0.25) is 10.0 Å². The van der Waals surface area contributed by atoms with Crippen LogP contribution in [-0.4, -0.2) is 62.9 Å². The molecule has 1 atom stereocenters. The van der Waals surface area contributed by atoms with Crippen LogP contribution in [0, 0.1) is 0 Å². The Labute approximate surface area is 102 Å². The van der Waals surface area contributed by atoms with Gasteiger partial charge < -0.3 is 9.84 Å². The predicted molar refractivity (Wildman–Crippen MR) is 64.3 cm³/mol. The van der Waals surface area contributed by atoms with Crippen LogP contribution in [0.15, 0.2) is 0 Å². The second kappa shape index (κ2) is 8.25. The van der Waals surface area contributed by atoms with Crippen LogP contribution in [0.25, 0.3) is 0 Å². The molecule has 0 aromatic carbocycles. The van der Waals surface area contributed by atoms with Crippen LogP contribution in [0.1, 0.15) is 12.8 Å². The van der Waals surface area contributed by atoms with Gasteiger partial charge in [-0.15, -0.1) is 11.6 Å². The number of sulfonamides is 1. The van der Waals surface area contributed by atoms with Crippen molar-refractivity contribution in [2.24, 2.45) is 0 Å². The van der Waals surface area contributed by atoms with E-state index < -0.39 is 16.1 Å². The number of rotatable bonds is 9. The second-order valence-electron chi connectivity index (χ2n) is 3.60. The van der Waals surface area contributed by atoms with E-state index in [4.69, 9.17) is 16.3 Å². The zero-order chi connectivity index (χ0) is 12.6. The van der Waals surface area contributed by atoms with Crippen LogP contribution < -0.4 is 0 Å². The van der Waals surface area contributed by atoms with Gasteiger partial charge in [-0.25, -0.2) is 12.7 Å². The summed E-state index contributed by atoms with van der Waals surface area (Å²) in [6.07, 6.45) is 0.420. The highest BCUT2D eigenvalue weighted by molar-refractivity contribution is 7.89. The number of unbranched alkanes of at least 4 members (excludes halogenated alkanes) is 1. The minimum Gasteiger partial charge on any atom is -0.389 e. The number of ether oxygens (including phenoxy) is 1. The van der Waals surface area contributed by atoms with E-state index in [-0.39, 0.29) is 18.9 Å². The van der Waals surface area contributed by atoms with E-state index in [0.717, 1.165) is 4.31 Å². The summed E-state index contributed by atoms with van der Waals surface area (Å²) in [7, 11) is -0.377. The molecule has 0 saturated heterocycles. The van der Waals surface area contributed by atoms with E-state index in [1.807, 2.05) is 0 Å². The SMILES string of the molecule is COCC(O)CN(C)S(=O)(=O)CCCCCl. The third-order valence-corrected chi connectivity index (χ3v) is 4.26. The van der Waals surface area contributed by atoms with Crippen molar-refractivity contribution < 1.29 is 18.3 Å². The van der Waals surface area contributed by atoms with Crippen molar-refractivity contribution in [2.45, 2.75) is 18.9 Å². The Morgan fingerprint density at radius 2 is 2.06 bits per heavy atom. The van der Waals surface area contributed by atoms with Crippen LogP contribution in [0.5, 0.6) is 0 Å². The Kier molecular flexibility index (Phi) is 8.31. The fraction of sp³-hybridized carbons (Fsp3) is 1.00. The molecule has 0 rings (SSSR count). The van der Waals surface area contributed by atoms with Crippen molar-refractivity contribution in [3.63, 3.8) is 0 Å². The summed E-state index contributed by atoms with van der Waals surface area (Å²) in [5, 5.41) is 9.40. The summed E-state index contributed by atoms with van der Waals surface area (Å²) in [6, 6.07) is 0. The maximum absolute atomic E-state index is 11.7. The standard InChI is InChI=1S/C9H20ClNO4S/c1-11(7-9(12)8-15-2)16(13,14)6-4-3-5-10/h9,12H,3-8H2,1-2H3. The Hall–Kier alpha value is 0.120. The lowest BCUT2D eigenvalue weighted by atomic mass is 10.4. The van der Waals surface area contributed by atoms with Crippen molar-refractivity contribution in [3.05, 3.63) is 0 Å². The lowest BCUT2D eigenvalue weighted by Gasteiger charge is -2.20. The molecule has 0 aromatic rings. The van der Waals surface area contributed by atoms with Gasteiger partial charge in [0, 0.05) is 26.6 Å². The van der Waals surface area contributed by atoms with Gasteiger partial charge in [-0.05, 0) is 12.8 Å². The van der Waals surface area contributed by atoms with E-state index in [1.165, 1.54) is 14.2 Å². The van der Waals surface area contributed by atoms with Crippen molar-refractivity contribution in [3.8, 4) is 0 Å². The third kappa shape index (κ3) is 6.65. The second-order valence-corrected chi connectivity index (χ2v) is 6.18. The highest BCUT2D eigenvalue weighted by Gasteiger charge is 2.19. The van der Waals surface area contributed by atoms with Gasteiger partial charge in [0.25, 0.3) is 0 Å². The Bertz CT molecular complexity index is 271. The first-order valence-corrected chi connectivity index (χ1v) is 7.25. The maximum atomic E-state index is 11.7. The van der Waals surface area contributed by atoms with Crippen LogP contribution in [-0.2, 0) is 14.8 Å². The molecule has 0 aliphatic carbocycles. The van der Waals surface area contributed by atoms with Crippen LogP contribution in [0.4, 0.5) is 0 Å². The normalized spacial score (nSPS) is 14.3. The average Bonchev–Trinajstić information content (AvgIpc) is 2.18. The smallest absolute Gasteiger partial charge is 0.213 e. The Morgan fingerprint density at radius 3 is 2.56 bits per heavy atom. The van der Waals surface area contributed by atoms with Crippen molar-refractivity contribution in [1.29, 1.82) is 0 Å². The van der Waals surface area contributed by atoms with Crippen molar-refractivity contribution >= 4 is 21.6 Å². The molecule has 16 heavy (non-hydrogen) atoms. The molecule has 0 aliphatic rings. The molecule has 0 heterocycles. The third-order valence-electron chi connectivity index (χ3n) is 2.09. The van der Waals surface area contributed by atoms with Crippen molar-refractivity contribution in [2.75, 3.05) is 38.9 Å². The van der Waals surface area contributed by atoms with Crippen LogP contribution >= 0.6 is 11.6 Å². The van der Waals surface area contributed by atoms with Gasteiger partial charge in [0.1, 0.15) is 0 Å². The number of alkyl halides is 1. The summed E-state index contributed by atoms with van der Waals surface area (Å²) >= 11 is 5.47. The van der Waals surface area contributed by atoms with Gasteiger partial charge >= 0.3 is 0 Å². The quantitative estimate of drug-likeness (QED) is 0.484. The van der Waals surface area contributed by atoms with Crippen LogP contribution in [0.2, 0.25) is 0 Å². The summed E-state index contributed by atoms with van der Waals surface area (Å²) < 4.78 is 29.2. The number of nitrogens with zero attached hydrogens (tertiary/aromatic N) is 1. The lowest BCUT2D eigenvalue weighted by Crippen LogP contribution is -2.37. The van der Waals surface area contributed by atoms with E-state index in [2.05, 4.69) is 0 Å². The van der Waals surface area contributed by atoms with Gasteiger partial charge in [-0.2, -0.15) is 0 Å². The molecule has 5 nitrogen and oxygen atoms in total. The molecule has 0 aliphatic heterocycles. The Morgan fingerprint density at radius 1 is 1.44 bits per heavy atom. The summed E-state index contributed by atoms with van der Waals surface area (Å²) in [5.41, 5.74) is 0. The van der Waals surface area contributed by atoms with E-state index in [0.29, 0.717) is 18.7 Å². The maximum Gasteiger partial charge on any atom is 0.213 e. The fourth-order valence-electron chi connectivity index (χ4n) is 1.19. The molecule has 98 valence electrons. The molecule has 1 N–H and O–H groups in total. The molecule has 0 amide bonds. The highest BCUT2D eigenvalue weighted by atomic mass is 35.5. The number of halogens is 1. The van der Waals surface area contributed by atoms with E-state index in [9.17, 15) is 13.5 Å². The molecule has 0 bridgehead atoms. The zero-order valence-electron chi connectivity index (χ0n) is 9.73. The number of aliphatic hydroxyl groups excluding tert-OH is 1. The van der Waals surface area contributed by atoms with Crippen LogP contribution in [0.3, 0.4) is 0 Å². The largest absolute Gasteiger partial charge is 0.389 e. The van der Waals surface area contributed by atoms with E-state index in [1.54, 1.807) is 0 Å². The highest BCUT2D eigenvalue weighted by Crippen LogP contribution is 2.04. The predicted octanol–water partition coefficient (Wildman–Crippen LogP) is 0.274. The molecular formula is C9H20ClNO4S. The molecule has 0 spiro atoms. The fourth-order valence-corrected chi connectivity index (χ4v) is 2.66. The number of aliphatic hydroxyl groups is 1. The van der Waals surface area contributed by atoms with Gasteiger partial charge in [0.05, 0.1) is 18.5 Å². The topological polar surface area (TPSA) is 66.8 Å². The molecule has 0 radical (unpaired) electrons. The first-order valence-electron chi connectivity index (χ1n) is 5.11. The number of methoxy groups -OCH3 is 1. The molecule has 0 aromatic heterocycles. The summed E-state index contributed by atoms with van der Waals surface area (Å²) in [6.45, 7) is 0.179. The molecule has 1 unspecified atom stereocenters. The number of likely N-dealkylation sites (N-methyl/N-ethyl adjacent to an activating group) is 1. The monoisotopic (exact) mass is 273 g/mol. The minimum absolute atomic E-state index is 0.0526. The lowest BCUT2D eigenvalue weighted by molar-refractivity contribution is 0.0554. The minimum atomic E-state index is -3.29. The molecular weight excluding hydrogens is 254 g/mol.